The molecule has 1 aromatic carbocycles. The number of hydrogen-bond donors (Lipinski definition) is 1. The fourth-order valence-electron chi connectivity index (χ4n) is 1.62. The lowest BCUT2D eigenvalue weighted by Crippen LogP contribution is -2.33. The lowest BCUT2D eigenvalue weighted by molar-refractivity contribution is -0.139. The van der Waals surface area contributed by atoms with E-state index in [9.17, 15) is 14.7 Å². The predicted octanol–water partition coefficient (Wildman–Crippen LogP) is 2.50. The molecule has 5 heteroatoms. The van der Waals surface area contributed by atoms with Gasteiger partial charge in [-0.15, -0.1) is 0 Å². The van der Waals surface area contributed by atoms with Gasteiger partial charge in [0.15, 0.2) is 0 Å². The summed E-state index contributed by atoms with van der Waals surface area (Å²) in [6, 6.07) is 6.24. The molecular formula is C14H19NO4. The molecule has 19 heavy (non-hydrogen) atoms. The van der Waals surface area contributed by atoms with Gasteiger partial charge in [-0.1, -0.05) is 12.1 Å². The van der Waals surface area contributed by atoms with E-state index >= 15 is 0 Å². The van der Waals surface area contributed by atoms with Gasteiger partial charge in [-0.05, 0) is 38.5 Å². The first-order valence-electron chi connectivity index (χ1n) is 6.29. The van der Waals surface area contributed by atoms with E-state index in [0.717, 1.165) is 0 Å². The number of nitrogens with zero attached hydrogens (tertiary/aromatic N) is 1. The summed E-state index contributed by atoms with van der Waals surface area (Å²) in [5.74, 6) is -1.02. The van der Waals surface area contributed by atoms with E-state index in [4.69, 9.17) is 4.74 Å². The zero-order chi connectivity index (χ0) is 14.4. The number of aromatic hydroxyl groups is 1. The van der Waals surface area contributed by atoms with Gasteiger partial charge >= 0.3 is 12.1 Å². The number of rotatable bonds is 4. The topological polar surface area (TPSA) is 66.8 Å². The van der Waals surface area contributed by atoms with Crippen molar-refractivity contribution >= 4 is 12.1 Å². The van der Waals surface area contributed by atoms with E-state index < -0.39 is 18.0 Å². The van der Waals surface area contributed by atoms with Gasteiger partial charge in [-0.25, -0.2) is 4.79 Å². The molecule has 1 aromatic rings. The number of phenolic OH excluding ortho intramolecular Hbond substituents is 1. The maximum absolute atomic E-state index is 11.8. The normalized spacial score (nSPS) is 11.7. The molecule has 1 unspecified atom stereocenters. The van der Waals surface area contributed by atoms with Crippen LogP contribution < -0.4 is 0 Å². The van der Waals surface area contributed by atoms with Gasteiger partial charge in [-0.2, -0.15) is 0 Å². The lowest BCUT2D eigenvalue weighted by atomic mass is 10.0. The number of ether oxygens (including phenoxy) is 1. The zero-order valence-electron chi connectivity index (χ0n) is 11.4. The average Bonchev–Trinajstić information content (AvgIpc) is 2.40. The molecule has 0 heterocycles. The predicted molar refractivity (Wildman–Crippen MR) is 70.9 cm³/mol. The Morgan fingerprint density at radius 2 is 1.74 bits per heavy atom. The molecule has 0 saturated carbocycles. The summed E-state index contributed by atoms with van der Waals surface area (Å²) >= 11 is 0. The Morgan fingerprint density at radius 3 is 2.21 bits per heavy atom. The molecule has 104 valence electrons. The Labute approximate surface area is 112 Å². The van der Waals surface area contributed by atoms with Crippen LogP contribution in [0, 0.1) is 0 Å². The van der Waals surface area contributed by atoms with Gasteiger partial charge in [0.1, 0.15) is 5.75 Å². The van der Waals surface area contributed by atoms with Crippen LogP contribution in [0.2, 0.25) is 0 Å². The molecule has 0 radical (unpaired) electrons. The van der Waals surface area contributed by atoms with Crippen molar-refractivity contribution < 1.29 is 19.4 Å². The largest absolute Gasteiger partial charge is 0.508 e. The molecule has 0 spiro atoms. The van der Waals surface area contributed by atoms with Gasteiger partial charge in [0.05, 0.1) is 5.92 Å². The van der Waals surface area contributed by atoms with E-state index in [-0.39, 0.29) is 5.75 Å². The van der Waals surface area contributed by atoms with Crippen molar-refractivity contribution in [3.05, 3.63) is 29.8 Å². The molecule has 0 fully saturated rings. The zero-order valence-corrected chi connectivity index (χ0v) is 11.4. The van der Waals surface area contributed by atoms with Crippen LogP contribution in [0.1, 0.15) is 32.3 Å². The number of hydrogen-bond acceptors (Lipinski definition) is 4. The van der Waals surface area contributed by atoms with Crippen molar-refractivity contribution in [1.29, 1.82) is 0 Å². The van der Waals surface area contributed by atoms with Crippen molar-refractivity contribution in [2.45, 2.75) is 26.7 Å². The third kappa shape index (κ3) is 3.98. The Bertz CT molecular complexity index is 437. The second-order valence-corrected chi connectivity index (χ2v) is 4.17. The van der Waals surface area contributed by atoms with Crippen LogP contribution in [0.4, 0.5) is 4.79 Å². The molecule has 1 rings (SSSR count). The van der Waals surface area contributed by atoms with Crippen LogP contribution in [-0.2, 0) is 9.53 Å². The average molecular weight is 265 g/mol. The van der Waals surface area contributed by atoms with Gasteiger partial charge in [0.25, 0.3) is 0 Å². The molecule has 0 aliphatic carbocycles. The van der Waals surface area contributed by atoms with E-state index in [1.165, 1.54) is 17.0 Å². The first kappa shape index (κ1) is 15.0. The first-order chi connectivity index (χ1) is 8.99. The van der Waals surface area contributed by atoms with Crippen molar-refractivity contribution in [2.75, 3.05) is 13.1 Å². The summed E-state index contributed by atoms with van der Waals surface area (Å²) in [5.41, 5.74) is 0.690. The summed E-state index contributed by atoms with van der Waals surface area (Å²) < 4.78 is 4.83. The summed E-state index contributed by atoms with van der Waals surface area (Å²) in [6.07, 6.45) is -0.624. The monoisotopic (exact) mass is 265 g/mol. The van der Waals surface area contributed by atoms with Crippen LogP contribution in [-0.4, -0.2) is 35.2 Å². The van der Waals surface area contributed by atoms with Crippen molar-refractivity contribution in [3.8, 4) is 5.75 Å². The highest BCUT2D eigenvalue weighted by atomic mass is 16.6. The molecule has 0 saturated heterocycles. The Kier molecular flexibility index (Phi) is 5.36. The van der Waals surface area contributed by atoms with E-state index in [1.54, 1.807) is 19.1 Å². The Balaban J connectivity index is 2.67. The van der Waals surface area contributed by atoms with Crippen molar-refractivity contribution in [3.63, 3.8) is 0 Å². The fraction of sp³-hybridized carbons (Fsp3) is 0.429. The quantitative estimate of drug-likeness (QED) is 0.671. The number of carbonyl (C=O) groups excluding carboxylic acids is 2. The van der Waals surface area contributed by atoms with E-state index in [2.05, 4.69) is 0 Å². The Morgan fingerprint density at radius 1 is 1.21 bits per heavy atom. The minimum atomic E-state index is -0.624. The minimum Gasteiger partial charge on any atom is -0.508 e. The molecule has 1 amide bonds. The van der Waals surface area contributed by atoms with Gasteiger partial charge < -0.3 is 14.7 Å². The standard InChI is InChI=1S/C14H19NO4/c1-4-15(5-2)14(18)19-13(17)10(3)11-6-8-12(16)9-7-11/h6-10,16H,4-5H2,1-3H3. The summed E-state index contributed by atoms with van der Waals surface area (Å²) in [5, 5.41) is 9.18. The molecule has 0 bridgehead atoms. The highest BCUT2D eigenvalue weighted by Crippen LogP contribution is 2.20. The Hall–Kier alpha value is -2.04. The van der Waals surface area contributed by atoms with E-state index in [1.807, 2.05) is 13.8 Å². The number of carbonyl (C=O) groups is 2. The summed E-state index contributed by atoms with van der Waals surface area (Å²) in [4.78, 5) is 24.9. The molecule has 5 nitrogen and oxygen atoms in total. The molecule has 1 atom stereocenters. The summed E-state index contributed by atoms with van der Waals surface area (Å²) in [6.45, 7) is 6.29. The molecule has 0 aliphatic rings. The highest BCUT2D eigenvalue weighted by Gasteiger charge is 2.22. The van der Waals surface area contributed by atoms with Gasteiger partial charge in [-0.3, -0.25) is 4.79 Å². The highest BCUT2D eigenvalue weighted by molar-refractivity contribution is 5.88. The first-order valence-corrected chi connectivity index (χ1v) is 6.29. The summed E-state index contributed by atoms with van der Waals surface area (Å²) in [7, 11) is 0. The molecule has 0 aromatic heterocycles. The van der Waals surface area contributed by atoms with Crippen LogP contribution in [0.25, 0.3) is 0 Å². The SMILES string of the molecule is CCN(CC)C(=O)OC(=O)C(C)c1ccc(O)cc1. The maximum atomic E-state index is 11.8. The fourth-order valence-corrected chi connectivity index (χ4v) is 1.62. The van der Waals surface area contributed by atoms with E-state index in [0.29, 0.717) is 18.7 Å². The number of esters is 1. The maximum Gasteiger partial charge on any atom is 0.417 e. The van der Waals surface area contributed by atoms with Crippen LogP contribution >= 0.6 is 0 Å². The molecule has 1 N–H and O–H groups in total. The second-order valence-electron chi connectivity index (χ2n) is 4.17. The third-order valence-corrected chi connectivity index (χ3v) is 2.96. The van der Waals surface area contributed by atoms with Crippen LogP contribution in [0.15, 0.2) is 24.3 Å². The number of phenols is 1. The minimum absolute atomic E-state index is 0.128. The number of amides is 1. The smallest absolute Gasteiger partial charge is 0.417 e. The lowest BCUT2D eigenvalue weighted by Gasteiger charge is -2.18. The van der Waals surface area contributed by atoms with Crippen molar-refractivity contribution in [2.24, 2.45) is 0 Å². The molecule has 0 aliphatic heterocycles. The van der Waals surface area contributed by atoms with Gasteiger partial charge in [0, 0.05) is 13.1 Å². The number of benzene rings is 1. The van der Waals surface area contributed by atoms with Crippen LogP contribution in [0.5, 0.6) is 5.75 Å². The van der Waals surface area contributed by atoms with Gasteiger partial charge in [0.2, 0.25) is 0 Å². The second kappa shape index (κ2) is 6.78. The van der Waals surface area contributed by atoms with Crippen LogP contribution in [0.3, 0.4) is 0 Å². The third-order valence-electron chi connectivity index (χ3n) is 2.96. The molecular weight excluding hydrogens is 246 g/mol. The van der Waals surface area contributed by atoms with Crippen molar-refractivity contribution in [1.82, 2.24) is 4.90 Å².